The van der Waals surface area contributed by atoms with E-state index in [9.17, 15) is 0 Å². The summed E-state index contributed by atoms with van der Waals surface area (Å²) < 4.78 is 6.17. The second-order valence-electron chi connectivity index (χ2n) is 7.49. The zero-order chi connectivity index (χ0) is 23.3. The molecule has 33 heavy (non-hydrogen) atoms. The lowest BCUT2D eigenvalue weighted by Gasteiger charge is -2.14. The van der Waals surface area contributed by atoms with Crippen LogP contribution in [0.2, 0.25) is 0 Å². The molecule has 0 aliphatic rings. The van der Waals surface area contributed by atoms with Gasteiger partial charge in [0.15, 0.2) is 11.5 Å². The zero-order valence-electron chi connectivity index (χ0n) is 18.9. The van der Waals surface area contributed by atoms with Crippen LogP contribution in [0.15, 0.2) is 36.7 Å². The molecule has 0 aliphatic carbocycles. The number of ether oxygens (including phenoxy) is 1. The fourth-order valence-corrected chi connectivity index (χ4v) is 3.40. The number of hydrogen-bond acceptors (Lipinski definition) is 7. The van der Waals surface area contributed by atoms with Gasteiger partial charge in [0, 0.05) is 18.1 Å². The maximum Gasteiger partial charge on any atom is 0.158 e. The van der Waals surface area contributed by atoms with Crippen LogP contribution in [-0.4, -0.2) is 39.9 Å². The monoisotopic (exact) mass is 443 g/mol. The van der Waals surface area contributed by atoms with E-state index in [0.717, 1.165) is 62.2 Å². The Bertz CT molecular complexity index is 1090. The maximum atomic E-state index is 8.87. The van der Waals surface area contributed by atoms with Crippen molar-refractivity contribution >= 4 is 11.6 Å². The van der Waals surface area contributed by atoms with Gasteiger partial charge in [0.2, 0.25) is 0 Å². The van der Waals surface area contributed by atoms with Crippen LogP contribution < -0.4 is 15.4 Å². The quantitative estimate of drug-likeness (QED) is 0.268. The number of aryl methyl sites for hydroxylation is 1. The van der Waals surface area contributed by atoms with Crippen molar-refractivity contribution in [3.8, 4) is 35.4 Å². The molecule has 2 aromatic heterocycles. The molecule has 0 amide bonds. The molecule has 3 N–H and O–H groups in total. The predicted octanol–water partition coefficient (Wildman–Crippen LogP) is 4.21. The molecule has 0 unspecified atom stereocenters. The summed E-state index contributed by atoms with van der Waals surface area (Å²) >= 11 is 0. The fourth-order valence-electron chi connectivity index (χ4n) is 3.40. The van der Waals surface area contributed by atoms with Crippen LogP contribution in [0, 0.1) is 23.7 Å². The Morgan fingerprint density at radius 2 is 2.03 bits per heavy atom. The van der Waals surface area contributed by atoms with Crippen molar-refractivity contribution in [3.05, 3.63) is 47.9 Å². The molecule has 0 bridgehead atoms. The minimum atomic E-state index is 0.265. The lowest BCUT2D eigenvalue weighted by atomic mass is 9.99. The largest absolute Gasteiger partial charge is 0.493 e. The fraction of sp³-hybridized carbons (Fsp3) is 0.360. The molecule has 0 radical (unpaired) electrons. The smallest absolute Gasteiger partial charge is 0.158 e. The van der Waals surface area contributed by atoms with Gasteiger partial charge in [0.1, 0.15) is 17.6 Å². The normalized spacial score (nSPS) is 10.4. The zero-order valence-corrected chi connectivity index (χ0v) is 18.9. The molecule has 8 heteroatoms. The molecule has 0 aliphatic heterocycles. The molecule has 0 atom stereocenters. The number of nitriles is 1. The highest BCUT2D eigenvalue weighted by Gasteiger charge is 2.15. The van der Waals surface area contributed by atoms with E-state index in [0.29, 0.717) is 18.2 Å². The highest BCUT2D eigenvalue weighted by Crippen LogP contribution is 2.34. The number of benzene rings is 1. The van der Waals surface area contributed by atoms with E-state index in [4.69, 9.17) is 16.4 Å². The first kappa shape index (κ1) is 23.8. The Kier molecular flexibility index (Phi) is 9.26. The third-order valence-corrected chi connectivity index (χ3v) is 4.93. The van der Waals surface area contributed by atoms with Crippen LogP contribution in [-0.2, 0) is 6.42 Å². The first-order valence-electron chi connectivity index (χ1n) is 11.2. The molecule has 1 aromatic carbocycles. The second kappa shape index (κ2) is 12.8. The topological polar surface area (TPSA) is 112 Å². The van der Waals surface area contributed by atoms with Gasteiger partial charge in [-0.15, -0.1) is 12.3 Å². The number of nitrogens with one attached hydrogen (secondary N) is 3. The van der Waals surface area contributed by atoms with Gasteiger partial charge < -0.3 is 15.4 Å². The van der Waals surface area contributed by atoms with Crippen LogP contribution in [0.1, 0.15) is 43.9 Å². The summed E-state index contributed by atoms with van der Waals surface area (Å²) in [6.45, 7) is 4.59. The van der Waals surface area contributed by atoms with Crippen molar-refractivity contribution in [3.63, 3.8) is 0 Å². The number of aromatic nitrogens is 4. The van der Waals surface area contributed by atoms with Gasteiger partial charge in [-0.2, -0.15) is 10.4 Å². The van der Waals surface area contributed by atoms with Crippen molar-refractivity contribution in [1.29, 1.82) is 5.26 Å². The van der Waals surface area contributed by atoms with E-state index in [2.05, 4.69) is 49.7 Å². The molecule has 2 heterocycles. The first-order chi connectivity index (χ1) is 16.2. The Morgan fingerprint density at radius 1 is 1.15 bits per heavy atom. The minimum absolute atomic E-state index is 0.265. The number of hydrogen-bond donors (Lipinski definition) is 3. The number of anilines is 2. The average Bonchev–Trinajstić information content (AvgIpc) is 3.29. The standard InChI is InChI=1S/C25H29N7O/c1-3-5-6-12-27-13-8-14-33-22-11-7-10-19(9-4-2)25(22)21-15-23(32-31-21)30-24-18-28-20(16-26)17-29-24/h1,7,10-11,15,17-18,27H,4-6,8-9,12-14H2,2H3,(H2,29,30,31,32). The van der Waals surface area contributed by atoms with Crippen molar-refractivity contribution in [2.24, 2.45) is 0 Å². The summed E-state index contributed by atoms with van der Waals surface area (Å²) in [5.74, 6) is 4.61. The Hall–Kier alpha value is -3.88. The van der Waals surface area contributed by atoms with Gasteiger partial charge in [-0.25, -0.2) is 9.97 Å². The van der Waals surface area contributed by atoms with Crippen molar-refractivity contribution in [2.45, 2.75) is 39.0 Å². The molecule has 170 valence electrons. The van der Waals surface area contributed by atoms with E-state index >= 15 is 0 Å². The molecule has 3 rings (SSSR count). The van der Waals surface area contributed by atoms with Crippen molar-refractivity contribution < 1.29 is 4.74 Å². The number of aromatic amines is 1. The van der Waals surface area contributed by atoms with Crippen LogP contribution in [0.4, 0.5) is 11.6 Å². The SMILES string of the molecule is C#CCCCNCCCOc1cccc(CCC)c1-c1cc(Nc2cnc(C#N)cn2)n[nH]1. The molecular formula is C25H29N7O. The molecule has 0 saturated heterocycles. The molecule has 0 saturated carbocycles. The Morgan fingerprint density at radius 3 is 2.79 bits per heavy atom. The van der Waals surface area contributed by atoms with Crippen molar-refractivity contribution in [2.75, 3.05) is 25.0 Å². The molecular weight excluding hydrogens is 414 g/mol. The number of H-pyrrole nitrogens is 1. The Balaban J connectivity index is 1.68. The van der Waals surface area contributed by atoms with E-state index in [1.165, 1.54) is 18.0 Å². The highest BCUT2D eigenvalue weighted by molar-refractivity contribution is 5.73. The highest BCUT2D eigenvalue weighted by atomic mass is 16.5. The van der Waals surface area contributed by atoms with Gasteiger partial charge in [-0.05, 0) is 44.0 Å². The summed E-state index contributed by atoms with van der Waals surface area (Å²) in [6, 6.07) is 10.0. The third-order valence-electron chi connectivity index (χ3n) is 4.93. The molecule has 0 spiro atoms. The Labute approximate surface area is 194 Å². The van der Waals surface area contributed by atoms with Gasteiger partial charge in [0.05, 0.1) is 24.7 Å². The number of terminal acetylenes is 1. The molecule has 0 fully saturated rings. The number of rotatable bonds is 13. The van der Waals surface area contributed by atoms with Crippen LogP contribution in [0.5, 0.6) is 5.75 Å². The first-order valence-corrected chi connectivity index (χ1v) is 11.2. The summed E-state index contributed by atoms with van der Waals surface area (Å²) in [4.78, 5) is 8.20. The third kappa shape index (κ3) is 7.06. The summed E-state index contributed by atoms with van der Waals surface area (Å²) in [7, 11) is 0. The predicted molar refractivity (Wildman–Crippen MR) is 129 cm³/mol. The molecule has 8 nitrogen and oxygen atoms in total. The van der Waals surface area contributed by atoms with Crippen LogP contribution in [0.3, 0.4) is 0 Å². The summed E-state index contributed by atoms with van der Waals surface area (Å²) in [5, 5.41) is 22.8. The second-order valence-corrected chi connectivity index (χ2v) is 7.49. The van der Waals surface area contributed by atoms with E-state index in [1.54, 1.807) is 0 Å². The maximum absolute atomic E-state index is 8.87. The van der Waals surface area contributed by atoms with Crippen LogP contribution in [0.25, 0.3) is 11.3 Å². The van der Waals surface area contributed by atoms with Gasteiger partial charge in [-0.1, -0.05) is 25.5 Å². The van der Waals surface area contributed by atoms with Gasteiger partial charge in [0.25, 0.3) is 0 Å². The van der Waals surface area contributed by atoms with E-state index in [-0.39, 0.29) is 5.69 Å². The molecule has 3 aromatic rings. The van der Waals surface area contributed by atoms with Gasteiger partial charge in [-0.3, -0.25) is 5.10 Å². The van der Waals surface area contributed by atoms with E-state index < -0.39 is 0 Å². The van der Waals surface area contributed by atoms with Crippen LogP contribution >= 0.6 is 0 Å². The summed E-state index contributed by atoms with van der Waals surface area (Å²) in [6.07, 6.45) is 12.9. The number of unbranched alkanes of at least 4 members (excludes halogenated alkanes) is 1. The lowest BCUT2D eigenvalue weighted by molar-refractivity contribution is 0.309. The minimum Gasteiger partial charge on any atom is -0.493 e. The van der Waals surface area contributed by atoms with Crippen molar-refractivity contribution in [1.82, 2.24) is 25.5 Å². The summed E-state index contributed by atoms with van der Waals surface area (Å²) in [5.41, 5.74) is 3.36. The lowest BCUT2D eigenvalue weighted by Crippen LogP contribution is -2.18. The number of nitrogens with zero attached hydrogens (tertiary/aromatic N) is 4. The van der Waals surface area contributed by atoms with E-state index in [1.807, 2.05) is 24.3 Å². The average molecular weight is 444 g/mol. The van der Waals surface area contributed by atoms with Gasteiger partial charge >= 0.3 is 0 Å².